The molecule has 1 aromatic carbocycles. The van der Waals surface area contributed by atoms with Gasteiger partial charge < -0.3 is 10.2 Å². The summed E-state index contributed by atoms with van der Waals surface area (Å²) in [5, 5.41) is 5.06. The Labute approximate surface area is 139 Å². The normalized spacial score (nSPS) is 19.0. The van der Waals surface area contributed by atoms with Crippen LogP contribution in [0.4, 0.5) is 11.4 Å². The number of nitrogens with one attached hydrogen (secondary N) is 1. The fourth-order valence-corrected chi connectivity index (χ4v) is 4.17. The van der Waals surface area contributed by atoms with Crippen molar-refractivity contribution in [3.05, 3.63) is 46.7 Å². The summed E-state index contributed by atoms with van der Waals surface area (Å²) in [7, 11) is 0. The van der Waals surface area contributed by atoms with E-state index in [0.29, 0.717) is 6.42 Å². The van der Waals surface area contributed by atoms with Crippen LogP contribution in [-0.4, -0.2) is 18.4 Å². The Bertz CT molecular complexity index is 750. The average molecular weight is 326 g/mol. The molecule has 2 heterocycles. The molecule has 23 heavy (non-hydrogen) atoms. The van der Waals surface area contributed by atoms with E-state index >= 15 is 0 Å². The lowest BCUT2D eigenvalue weighted by molar-refractivity contribution is -0.118. The zero-order valence-corrected chi connectivity index (χ0v) is 13.6. The van der Waals surface area contributed by atoms with Crippen molar-refractivity contribution >= 4 is 34.5 Å². The van der Waals surface area contributed by atoms with Gasteiger partial charge in [0.2, 0.25) is 11.8 Å². The van der Waals surface area contributed by atoms with Gasteiger partial charge in [-0.15, -0.1) is 11.3 Å². The molecule has 2 fully saturated rings. The number of carbonyl (C=O) groups excluding carboxylic acids is 2. The molecule has 1 saturated heterocycles. The van der Waals surface area contributed by atoms with Crippen molar-refractivity contribution in [2.75, 3.05) is 16.8 Å². The van der Waals surface area contributed by atoms with Crippen molar-refractivity contribution in [1.29, 1.82) is 0 Å². The van der Waals surface area contributed by atoms with E-state index in [-0.39, 0.29) is 17.2 Å². The van der Waals surface area contributed by atoms with E-state index in [0.717, 1.165) is 42.1 Å². The van der Waals surface area contributed by atoms with E-state index in [4.69, 9.17) is 0 Å². The van der Waals surface area contributed by atoms with E-state index in [1.165, 1.54) is 0 Å². The quantitative estimate of drug-likeness (QED) is 0.934. The lowest BCUT2D eigenvalue weighted by Crippen LogP contribution is -2.27. The van der Waals surface area contributed by atoms with E-state index in [1.807, 2.05) is 41.8 Å². The largest absolute Gasteiger partial charge is 0.325 e. The predicted octanol–water partition coefficient (Wildman–Crippen LogP) is 3.55. The van der Waals surface area contributed by atoms with Gasteiger partial charge in [0.1, 0.15) is 0 Å². The molecular formula is C18H18N2O2S. The summed E-state index contributed by atoms with van der Waals surface area (Å²) in [6.07, 6.45) is 3.32. The van der Waals surface area contributed by atoms with Crippen LogP contribution >= 0.6 is 11.3 Å². The highest BCUT2D eigenvalue weighted by atomic mass is 32.1. The molecule has 4 rings (SSSR count). The Morgan fingerprint density at radius 2 is 2.09 bits per heavy atom. The number of hydrogen-bond acceptors (Lipinski definition) is 3. The summed E-state index contributed by atoms with van der Waals surface area (Å²) in [5.74, 6) is 0.218. The van der Waals surface area contributed by atoms with Gasteiger partial charge >= 0.3 is 0 Å². The molecule has 2 aliphatic rings. The Morgan fingerprint density at radius 3 is 2.74 bits per heavy atom. The molecule has 1 aliphatic heterocycles. The SMILES string of the molecule is O=C1CCCN1c1cccc(NC(=O)C2(c3cccs3)CC2)c1. The first-order valence-corrected chi connectivity index (χ1v) is 8.83. The van der Waals surface area contributed by atoms with Crippen molar-refractivity contribution in [1.82, 2.24) is 0 Å². The zero-order chi connectivity index (χ0) is 15.9. The second-order valence-electron chi connectivity index (χ2n) is 6.21. The van der Waals surface area contributed by atoms with Gasteiger partial charge in [-0.05, 0) is 48.9 Å². The zero-order valence-electron chi connectivity index (χ0n) is 12.7. The first-order chi connectivity index (χ1) is 11.2. The minimum absolute atomic E-state index is 0.0600. The van der Waals surface area contributed by atoms with E-state index in [2.05, 4.69) is 5.32 Å². The summed E-state index contributed by atoms with van der Waals surface area (Å²) >= 11 is 1.64. The van der Waals surface area contributed by atoms with E-state index in [1.54, 1.807) is 16.2 Å². The Balaban J connectivity index is 1.53. The molecule has 0 unspecified atom stereocenters. The molecule has 0 bridgehead atoms. The summed E-state index contributed by atoms with van der Waals surface area (Å²) in [5.41, 5.74) is 1.29. The van der Waals surface area contributed by atoms with Gasteiger partial charge in [-0.1, -0.05) is 12.1 Å². The van der Waals surface area contributed by atoms with E-state index < -0.39 is 0 Å². The van der Waals surface area contributed by atoms with Crippen molar-refractivity contribution in [2.45, 2.75) is 31.1 Å². The predicted molar refractivity (Wildman–Crippen MR) is 91.9 cm³/mol. The van der Waals surface area contributed by atoms with Crippen LogP contribution in [0.5, 0.6) is 0 Å². The van der Waals surface area contributed by atoms with Crippen LogP contribution in [0.1, 0.15) is 30.6 Å². The third-order valence-electron chi connectivity index (χ3n) is 4.67. The van der Waals surface area contributed by atoms with Crippen molar-refractivity contribution in [3.8, 4) is 0 Å². The molecule has 1 aromatic heterocycles. The highest BCUT2D eigenvalue weighted by Gasteiger charge is 2.52. The maximum Gasteiger partial charge on any atom is 0.235 e. The molecule has 5 heteroatoms. The van der Waals surface area contributed by atoms with Crippen molar-refractivity contribution in [2.24, 2.45) is 0 Å². The lowest BCUT2D eigenvalue weighted by atomic mass is 10.0. The summed E-state index contributed by atoms with van der Waals surface area (Å²) in [6, 6.07) is 11.6. The highest BCUT2D eigenvalue weighted by molar-refractivity contribution is 7.10. The molecule has 118 valence electrons. The van der Waals surface area contributed by atoms with Gasteiger partial charge in [0.15, 0.2) is 0 Å². The van der Waals surface area contributed by atoms with Crippen LogP contribution in [0, 0.1) is 0 Å². The van der Waals surface area contributed by atoms with Crippen molar-refractivity contribution < 1.29 is 9.59 Å². The Morgan fingerprint density at radius 1 is 1.22 bits per heavy atom. The molecule has 1 N–H and O–H groups in total. The number of benzene rings is 1. The van der Waals surface area contributed by atoms with E-state index in [9.17, 15) is 9.59 Å². The van der Waals surface area contributed by atoms with Crippen molar-refractivity contribution in [3.63, 3.8) is 0 Å². The molecule has 2 amide bonds. The monoisotopic (exact) mass is 326 g/mol. The number of amides is 2. The number of thiophene rings is 1. The smallest absolute Gasteiger partial charge is 0.235 e. The molecule has 4 nitrogen and oxygen atoms in total. The van der Waals surface area contributed by atoms with Gasteiger partial charge in [-0.3, -0.25) is 9.59 Å². The number of carbonyl (C=O) groups is 2. The fraction of sp³-hybridized carbons (Fsp3) is 0.333. The third kappa shape index (κ3) is 2.55. The lowest BCUT2D eigenvalue weighted by Gasteiger charge is -2.18. The van der Waals surface area contributed by atoms with Gasteiger partial charge in [0, 0.05) is 29.2 Å². The third-order valence-corrected chi connectivity index (χ3v) is 5.74. The van der Waals surface area contributed by atoms with Gasteiger partial charge in [-0.25, -0.2) is 0 Å². The number of anilines is 2. The number of hydrogen-bond donors (Lipinski definition) is 1. The first kappa shape index (κ1) is 14.5. The van der Waals surface area contributed by atoms with Crippen LogP contribution in [-0.2, 0) is 15.0 Å². The topological polar surface area (TPSA) is 49.4 Å². The minimum Gasteiger partial charge on any atom is -0.325 e. The summed E-state index contributed by atoms with van der Waals surface area (Å²) < 4.78 is 0. The minimum atomic E-state index is -0.340. The summed E-state index contributed by atoms with van der Waals surface area (Å²) in [6.45, 7) is 0.759. The fourth-order valence-electron chi connectivity index (χ4n) is 3.18. The van der Waals surface area contributed by atoms with Crippen LogP contribution in [0.3, 0.4) is 0 Å². The van der Waals surface area contributed by atoms with Gasteiger partial charge in [0.25, 0.3) is 0 Å². The Hall–Kier alpha value is -2.14. The number of nitrogens with zero attached hydrogens (tertiary/aromatic N) is 1. The molecular weight excluding hydrogens is 308 g/mol. The highest BCUT2D eigenvalue weighted by Crippen LogP contribution is 2.50. The van der Waals surface area contributed by atoms with Crippen LogP contribution in [0.2, 0.25) is 0 Å². The first-order valence-electron chi connectivity index (χ1n) is 7.95. The van der Waals surface area contributed by atoms with Gasteiger partial charge in [-0.2, -0.15) is 0 Å². The average Bonchev–Trinajstić information content (AvgIpc) is 2.97. The maximum atomic E-state index is 12.7. The molecule has 0 atom stereocenters. The standard InChI is InChI=1S/C18H18N2O2S/c21-16-7-2-10-20(16)14-5-1-4-13(12-14)19-17(22)18(8-9-18)15-6-3-11-23-15/h1,3-6,11-12H,2,7-10H2,(H,19,22). The molecule has 1 saturated carbocycles. The second kappa shape index (κ2) is 5.49. The van der Waals surface area contributed by atoms with Gasteiger partial charge in [0.05, 0.1) is 5.41 Å². The second-order valence-corrected chi connectivity index (χ2v) is 7.16. The number of rotatable bonds is 4. The van der Waals surface area contributed by atoms with Crippen LogP contribution in [0.25, 0.3) is 0 Å². The van der Waals surface area contributed by atoms with Crippen LogP contribution in [0.15, 0.2) is 41.8 Å². The van der Waals surface area contributed by atoms with Crippen LogP contribution < -0.4 is 10.2 Å². The molecule has 0 radical (unpaired) electrons. The molecule has 1 aliphatic carbocycles. The Kier molecular flexibility index (Phi) is 3.45. The molecule has 2 aromatic rings. The maximum absolute atomic E-state index is 12.7. The summed E-state index contributed by atoms with van der Waals surface area (Å²) in [4.78, 5) is 27.5. The molecule has 0 spiro atoms.